The number of carbonyl (C=O) groups is 1. The fourth-order valence-electron chi connectivity index (χ4n) is 4.84. The van der Waals surface area contributed by atoms with E-state index >= 15 is 0 Å². The van der Waals surface area contributed by atoms with Crippen LogP contribution in [0, 0.1) is 5.82 Å². The first-order chi connectivity index (χ1) is 15.5. The number of piperazine rings is 1. The third-order valence-corrected chi connectivity index (χ3v) is 6.50. The quantitative estimate of drug-likeness (QED) is 0.644. The molecule has 1 fully saturated rings. The van der Waals surface area contributed by atoms with E-state index in [0.29, 0.717) is 31.6 Å². The van der Waals surface area contributed by atoms with Crippen LogP contribution in [0.3, 0.4) is 0 Å². The van der Waals surface area contributed by atoms with E-state index in [1.54, 1.807) is 12.1 Å². The molecule has 1 amide bonds. The SMILES string of the molecule is C=CC(=O)N1CCN(c2nc(OCC)nc3c2CCC(c2ccc(F)cc2CC)C3)CC1. The van der Waals surface area contributed by atoms with Gasteiger partial charge < -0.3 is 14.5 Å². The zero-order valence-electron chi connectivity index (χ0n) is 18.9. The van der Waals surface area contributed by atoms with Gasteiger partial charge in [-0.05, 0) is 67.9 Å². The average Bonchev–Trinajstić information content (AvgIpc) is 2.83. The second kappa shape index (κ2) is 9.67. The van der Waals surface area contributed by atoms with E-state index in [1.807, 2.05) is 17.9 Å². The minimum atomic E-state index is -0.181. The average molecular weight is 439 g/mol. The van der Waals surface area contributed by atoms with Gasteiger partial charge in [0.25, 0.3) is 0 Å². The first-order valence-electron chi connectivity index (χ1n) is 11.5. The summed E-state index contributed by atoms with van der Waals surface area (Å²) in [6.45, 7) is 10.8. The lowest BCUT2D eigenvalue weighted by Gasteiger charge is -2.37. The van der Waals surface area contributed by atoms with Gasteiger partial charge in [0.15, 0.2) is 0 Å². The van der Waals surface area contributed by atoms with E-state index in [-0.39, 0.29) is 11.7 Å². The van der Waals surface area contributed by atoms with Crippen molar-refractivity contribution in [2.45, 2.75) is 45.4 Å². The molecular formula is C25H31FN4O2. The number of aryl methyl sites for hydroxylation is 1. The number of aromatic nitrogens is 2. The monoisotopic (exact) mass is 438 g/mol. The van der Waals surface area contributed by atoms with Crippen LogP contribution in [0.1, 0.15) is 48.6 Å². The van der Waals surface area contributed by atoms with Crippen LogP contribution < -0.4 is 9.64 Å². The number of hydrogen-bond acceptors (Lipinski definition) is 5. The van der Waals surface area contributed by atoms with Crippen molar-refractivity contribution in [1.82, 2.24) is 14.9 Å². The van der Waals surface area contributed by atoms with Gasteiger partial charge >= 0.3 is 6.01 Å². The smallest absolute Gasteiger partial charge is 0.318 e. The Labute approximate surface area is 189 Å². The first-order valence-corrected chi connectivity index (χ1v) is 11.5. The van der Waals surface area contributed by atoms with Crippen LogP contribution in [0.15, 0.2) is 30.9 Å². The normalized spacial score (nSPS) is 18.3. The van der Waals surface area contributed by atoms with E-state index in [9.17, 15) is 9.18 Å². The molecule has 0 radical (unpaired) electrons. The van der Waals surface area contributed by atoms with Crippen LogP contribution in [0.4, 0.5) is 10.2 Å². The summed E-state index contributed by atoms with van der Waals surface area (Å²) in [5.41, 5.74) is 4.48. The number of halogens is 1. The fraction of sp³-hybridized carbons (Fsp3) is 0.480. The number of carbonyl (C=O) groups excluding carboxylic acids is 1. The third-order valence-electron chi connectivity index (χ3n) is 6.50. The standard InChI is InChI=1S/C25H31FN4O2/c1-4-17-15-19(26)8-10-20(17)18-7-9-21-22(16-18)27-25(32-6-3)28-24(21)30-13-11-29(12-14-30)23(31)5-2/h5,8,10,15,18H,2,4,6-7,9,11-14,16H2,1,3H3. The largest absolute Gasteiger partial charge is 0.464 e. The molecule has 0 bridgehead atoms. The number of amides is 1. The molecule has 0 spiro atoms. The molecule has 0 saturated carbocycles. The van der Waals surface area contributed by atoms with Crippen molar-refractivity contribution >= 4 is 11.7 Å². The number of rotatable bonds is 6. The third kappa shape index (κ3) is 4.47. The predicted molar refractivity (Wildman–Crippen MR) is 123 cm³/mol. The zero-order valence-corrected chi connectivity index (χ0v) is 18.9. The Bertz CT molecular complexity index is 1000. The lowest BCUT2D eigenvalue weighted by molar-refractivity contribution is -0.126. The molecule has 6 nitrogen and oxygen atoms in total. The summed E-state index contributed by atoms with van der Waals surface area (Å²) in [5.74, 6) is 1.02. The lowest BCUT2D eigenvalue weighted by Crippen LogP contribution is -2.49. The summed E-state index contributed by atoms with van der Waals surface area (Å²) in [4.78, 5) is 25.5. The van der Waals surface area contributed by atoms with Gasteiger partial charge in [-0.15, -0.1) is 0 Å². The lowest BCUT2D eigenvalue weighted by atomic mass is 9.80. The highest BCUT2D eigenvalue weighted by molar-refractivity contribution is 5.87. The van der Waals surface area contributed by atoms with Gasteiger partial charge in [0, 0.05) is 31.7 Å². The molecule has 2 heterocycles. The van der Waals surface area contributed by atoms with Crippen molar-refractivity contribution in [3.05, 3.63) is 59.1 Å². The van der Waals surface area contributed by atoms with Gasteiger partial charge in [0.1, 0.15) is 11.6 Å². The maximum absolute atomic E-state index is 13.8. The predicted octanol–water partition coefficient (Wildman–Crippen LogP) is 3.68. The maximum atomic E-state index is 13.8. The number of hydrogen-bond donors (Lipinski definition) is 0. The number of ether oxygens (including phenoxy) is 1. The molecule has 170 valence electrons. The first kappa shape index (κ1) is 22.2. The molecule has 0 N–H and O–H groups in total. The molecule has 2 aliphatic rings. The van der Waals surface area contributed by atoms with E-state index in [1.165, 1.54) is 17.2 Å². The maximum Gasteiger partial charge on any atom is 0.318 e. The van der Waals surface area contributed by atoms with Crippen molar-refractivity contribution in [2.75, 3.05) is 37.7 Å². The topological polar surface area (TPSA) is 58.6 Å². The Kier molecular flexibility index (Phi) is 6.72. The molecular weight excluding hydrogens is 407 g/mol. The highest BCUT2D eigenvalue weighted by atomic mass is 19.1. The Balaban J connectivity index is 1.62. The minimum Gasteiger partial charge on any atom is -0.464 e. The summed E-state index contributed by atoms with van der Waals surface area (Å²) in [6, 6.07) is 5.56. The van der Waals surface area contributed by atoms with Gasteiger partial charge in [-0.1, -0.05) is 19.6 Å². The minimum absolute atomic E-state index is 0.0294. The second-order valence-electron chi connectivity index (χ2n) is 8.34. The van der Waals surface area contributed by atoms with Crippen LogP contribution in [0.2, 0.25) is 0 Å². The molecule has 1 atom stereocenters. The van der Waals surface area contributed by atoms with E-state index in [4.69, 9.17) is 14.7 Å². The molecule has 2 aromatic rings. The highest BCUT2D eigenvalue weighted by Gasteiger charge is 2.30. The summed E-state index contributed by atoms with van der Waals surface area (Å²) < 4.78 is 19.5. The Hall–Kier alpha value is -2.96. The van der Waals surface area contributed by atoms with Crippen molar-refractivity contribution in [3.8, 4) is 6.01 Å². The molecule has 1 aliphatic heterocycles. The summed E-state index contributed by atoms with van der Waals surface area (Å²) in [7, 11) is 0. The second-order valence-corrected chi connectivity index (χ2v) is 8.34. The molecule has 1 saturated heterocycles. The zero-order chi connectivity index (χ0) is 22.7. The number of benzene rings is 1. The van der Waals surface area contributed by atoms with Gasteiger partial charge in [-0.25, -0.2) is 4.39 Å². The summed E-state index contributed by atoms with van der Waals surface area (Å²) in [5, 5.41) is 0. The fourth-order valence-corrected chi connectivity index (χ4v) is 4.84. The summed E-state index contributed by atoms with van der Waals surface area (Å²) >= 11 is 0. The van der Waals surface area contributed by atoms with Crippen molar-refractivity contribution in [1.29, 1.82) is 0 Å². The Morgan fingerprint density at radius 1 is 1.25 bits per heavy atom. The van der Waals surface area contributed by atoms with E-state index in [0.717, 1.165) is 55.8 Å². The Morgan fingerprint density at radius 2 is 2.03 bits per heavy atom. The number of nitrogens with zero attached hydrogens (tertiary/aromatic N) is 4. The van der Waals surface area contributed by atoms with Gasteiger partial charge in [0.2, 0.25) is 5.91 Å². The van der Waals surface area contributed by atoms with Gasteiger partial charge in [-0.2, -0.15) is 9.97 Å². The molecule has 1 unspecified atom stereocenters. The van der Waals surface area contributed by atoms with Crippen LogP contribution in [-0.4, -0.2) is 53.6 Å². The molecule has 1 aromatic heterocycles. The van der Waals surface area contributed by atoms with Gasteiger partial charge in [-0.3, -0.25) is 4.79 Å². The van der Waals surface area contributed by atoms with Crippen molar-refractivity contribution < 1.29 is 13.9 Å². The Morgan fingerprint density at radius 3 is 2.72 bits per heavy atom. The van der Waals surface area contributed by atoms with E-state index in [2.05, 4.69) is 18.4 Å². The molecule has 1 aliphatic carbocycles. The summed E-state index contributed by atoms with van der Waals surface area (Å²) in [6.07, 6.45) is 4.82. The van der Waals surface area contributed by atoms with Gasteiger partial charge in [0.05, 0.1) is 12.3 Å². The molecule has 4 rings (SSSR count). The molecule has 1 aromatic carbocycles. The van der Waals surface area contributed by atoms with E-state index < -0.39 is 0 Å². The number of fused-ring (bicyclic) bond motifs is 1. The van der Waals surface area contributed by atoms with Crippen LogP contribution >= 0.6 is 0 Å². The highest BCUT2D eigenvalue weighted by Crippen LogP contribution is 2.38. The van der Waals surface area contributed by atoms with Crippen molar-refractivity contribution in [3.63, 3.8) is 0 Å². The van der Waals surface area contributed by atoms with Crippen molar-refractivity contribution in [2.24, 2.45) is 0 Å². The van der Waals surface area contributed by atoms with Crippen LogP contribution in [-0.2, 0) is 24.1 Å². The van der Waals surface area contributed by atoms with Crippen LogP contribution in [0.5, 0.6) is 6.01 Å². The molecule has 7 heteroatoms. The number of anilines is 1. The van der Waals surface area contributed by atoms with Crippen LogP contribution in [0.25, 0.3) is 0 Å². The molecule has 32 heavy (non-hydrogen) atoms.